The zero-order chi connectivity index (χ0) is 18.9. The van der Waals surface area contributed by atoms with Gasteiger partial charge in [0.2, 0.25) is 11.0 Å². The van der Waals surface area contributed by atoms with Gasteiger partial charge in [0.15, 0.2) is 13.9 Å². The lowest BCUT2D eigenvalue weighted by Crippen LogP contribution is -2.59. The first-order chi connectivity index (χ1) is 12.3. The molecule has 0 N–H and O–H groups in total. The molecule has 26 heavy (non-hydrogen) atoms. The van der Waals surface area contributed by atoms with E-state index in [1.807, 2.05) is 19.6 Å². The van der Waals surface area contributed by atoms with Gasteiger partial charge < -0.3 is 14.4 Å². The Morgan fingerprint density at radius 1 is 1.12 bits per heavy atom. The number of ketones is 1. The van der Waals surface area contributed by atoms with Gasteiger partial charge in [-0.15, -0.1) is 0 Å². The highest BCUT2D eigenvalue weighted by molar-refractivity contribution is 6.88. The average Bonchev–Trinajstić information content (AvgIpc) is 3.03. The minimum absolute atomic E-state index is 0.160. The van der Waals surface area contributed by atoms with Crippen molar-refractivity contribution in [3.8, 4) is 17.4 Å². The van der Waals surface area contributed by atoms with E-state index in [2.05, 4.69) is 5.27 Å². The number of para-hydroxylation sites is 1. The molecule has 0 spiro atoms. The summed E-state index contributed by atoms with van der Waals surface area (Å²) in [6.45, 7) is 6.10. The van der Waals surface area contributed by atoms with Crippen LogP contribution >= 0.6 is 0 Å². The summed E-state index contributed by atoms with van der Waals surface area (Å²) in [5.41, 5.74) is 1.52. The van der Waals surface area contributed by atoms with Crippen LogP contribution in [-0.4, -0.2) is 26.2 Å². The molecule has 1 aromatic heterocycles. The zero-order valence-corrected chi connectivity index (χ0v) is 16.1. The first kappa shape index (κ1) is 17.9. The van der Waals surface area contributed by atoms with Crippen LogP contribution in [0.3, 0.4) is 0 Å². The molecule has 6 nitrogen and oxygen atoms in total. The Morgan fingerprint density at radius 2 is 1.77 bits per heavy atom. The van der Waals surface area contributed by atoms with Crippen LogP contribution in [0.5, 0.6) is 11.7 Å². The Kier molecular flexibility index (Phi) is 4.65. The highest BCUT2D eigenvalue weighted by atomic mass is 28.3. The zero-order valence-electron chi connectivity index (χ0n) is 15.1. The molecule has 0 fully saturated rings. The van der Waals surface area contributed by atoms with Crippen LogP contribution < -0.4 is 19.8 Å². The first-order valence-corrected chi connectivity index (χ1v) is 11.7. The molecule has 0 saturated heterocycles. The number of methoxy groups -OCH3 is 1. The lowest BCUT2D eigenvalue weighted by atomic mass is 10.0. The molecule has 0 atom stereocenters. The van der Waals surface area contributed by atoms with Crippen LogP contribution in [-0.2, 0) is 0 Å². The van der Waals surface area contributed by atoms with E-state index in [4.69, 9.17) is 9.26 Å². The monoisotopic (exact) mass is 368 g/mol. The number of nitrogens with zero attached hydrogens (tertiary/aromatic N) is 2. The van der Waals surface area contributed by atoms with Crippen LogP contribution in [0.4, 0.5) is 0 Å². The molecule has 134 valence electrons. The maximum atomic E-state index is 13.0. The number of carbonyl (C=O) groups is 1. The van der Waals surface area contributed by atoms with Crippen LogP contribution in [0.25, 0.3) is 5.69 Å². The number of rotatable bonds is 5. The lowest BCUT2D eigenvalue weighted by molar-refractivity contribution is -0.655. The van der Waals surface area contributed by atoms with Crippen molar-refractivity contribution in [2.75, 3.05) is 7.11 Å². The SMILES string of the molecule is COc1ccc(C(=O)c2ccccc2-[n+]2noc([O-])c2[Si](C)(C)C)cc1. The lowest BCUT2D eigenvalue weighted by Gasteiger charge is -2.12. The van der Waals surface area contributed by atoms with E-state index in [1.165, 1.54) is 4.68 Å². The summed E-state index contributed by atoms with van der Waals surface area (Å²) in [7, 11) is -0.461. The number of benzene rings is 2. The van der Waals surface area contributed by atoms with Crippen LogP contribution in [0.1, 0.15) is 15.9 Å². The maximum Gasteiger partial charge on any atom is 0.250 e. The Hall–Kier alpha value is -2.93. The molecule has 0 bridgehead atoms. The van der Waals surface area contributed by atoms with Gasteiger partial charge in [-0.05, 0) is 35.0 Å². The molecular formula is C19H20N2O4Si. The van der Waals surface area contributed by atoms with Gasteiger partial charge in [-0.2, -0.15) is 0 Å². The normalized spacial score (nSPS) is 11.4. The van der Waals surface area contributed by atoms with E-state index >= 15 is 0 Å². The van der Waals surface area contributed by atoms with E-state index < -0.39 is 14.0 Å². The third kappa shape index (κ3) is 3.25. The Bertz CT molecular complexity index is 943. The summed E-state index contributed by atoms with van der Waals surface area (Å²) in [6.07, 6.45) is 0. The fraction of sp³-hybridized carbons (Fsp3) is 0.211. The molecular weight excluding hydrogens is 348 g/mol. The van der Waals surface area contributed by atoms with Gasteiger partial charge >= 0.3 is 0 Å². The number of carbonyl (C=O) groups excluding carboxylic acids is 1. The summed E-state index contributed by atoms with van der Waals surface area (Å²) in [6, 6.07) is 14.0. The van der Waals surface area contributed by atoms with Crippen LogP contribution in [0.15, 0.2) is 53.1 Å². The molecule has 0 saturated carbocycles. The quantitative estimate of drug-likeness (QED) is 0.390. The smallest absolute Gasteiger partial charge is 0.250 e. The fourth-order valence-electron chi connectivity index (χ4n) is 2.78. The Morgan fingerprint density at radius 3 is 2.38 bits per heavy atom. The summed E-state index contributed by atoms with van der Waals surface area (Å²) in [5, 5.41) is 16.6. The third-order valence-corrected chi connectivity index (χ3v) is 5.89. The minimum atomic E-state index is -2.04. The van der Waals surface area contributed by atoms with E-state index in [0.29, 0.717) is 27.9 Å². The Balaban J connectivity index is 2.11. The minimum Gasteiger partial charge on any atom is -0.539 e. The standard InChI is InChI=1S/C19H20N2O4Si/c1-24-14-11-9-13(10-12-14)17(22)15-7-5-6-8-16(15)21-18(26(2,3)4)19(23)25-20-21/h5-12H,1-4H3. The van der Waals surface area contributed by atoms with E-state index in [-0.39, 0.29) is 5.78 Å². The molecule has 7 heteroatoms. The van der Waals surface area contributed by atoms with Crippen molar-refractivity contribution >= 4 is 19.2 Å². The Labute approximate surface area is 152 Å². The molecule has 2 aromatic carbocycles. The third-order valence-electron chi connectivity index (χ3n) is 4.05. The summed E-state index contributed by atoms with van der Waals surface area (Å²) in [5.74, 6) is 0.0707. The molecule has 3 aromatic rings. The number of hydrogen-bond donors (Lipinski definition) is 0. The molecule has 0 unspecified atom stereocenters. The summed E-state index contributed by atoms with van der Waals surface area (Å²) >= 11 is 0. The highest BCUT2D eigenvalue weighted by Gasteiger charge is 2.35. The average molecular weight is 368 g/mol. The van der Waals surface area contributed by atoms with Crippen molar-refractivity contribution in [3.63, 3.8) is 0 Å². The van der Waals surface area contributed by atoms with Crippen molar-refractivity contribution in [3.05, 3.63) is 59.7 Å². The van der Waals surface area contributed by atoms with Gasteiger partial charge in [-0.25, -0.2) is 0 Å². The van der Waals surface area contributed by atoms with E-state index in [1.54, 1.807) is 55.6 Å². The van der Waals surface area contributed by atoms with E-state index in [9.17, 15) is 9.90 Å². The maximum absolute atomic E-state index is 13.0. The van der Waals surface area contributed by atoms with Crippen molar-refractivity contribution in [2.45, 2.75) is 19.6 Å². The van der Waals surface area contributed by atoms with Gasteiger partial charge in [-0.3, -0.25) is 4.79 Å². The molecule has 0 amide bonds. The van der Waals surface area contributed by atoms with E-state index in [0.717, 1.165) is 0 Å². The topological polar surface area (TPSA) is 79.3 Å². The van der Waals surface area contributed by atoms with Crippen LogP contribution in [0.2, 0.25) is 19.6 Å². The summed E-state index contributed by atoms with van der Waals surface area (Å²) in [4.78, 5) is 13.0. The largest absolute Gasteiger partial charge is 0.539 e. The van der Waals surface area contributed by atoms with Crippen molar-refractivity contribution in [1.82, 2.24) is 5.27 Å². The molecule has 0 aliphatic heterocycles. The van der Waals surface area contributed by atoms with Crippen molar-refractivity contribution in [2.24, 2.45) is 0 Å². The van der Waals surface area contributed by atoms with Crippen molar-refractivity contribution in [1.29, 1.82) is 0 Å². The fourth-order valence-corrected chi connectivity index (χ4v) is 4.24. The number of ether oxygens (including phenoxy) is 1. The van der Waals surface area contributed by atoms with Gasteiger partial charge in [0.1, 0.15) is 11.7 Å². The summed E-state index contributed by atoms with van der Waals surface area (Å²) < 4.78 is 11.5. The second-order valence-corrected chi connectivity index (χ2v) is 11.9. The number of aromatic nitrogens is 2. The molecule has 0 radical (unpaired) electrons. The van der Waals surface area contributed by atoms with Crippen molar-refractivity contribution < 1.29 is 23.8 Å². The van der Waals surface area contributed by atoms with Gasteiger partial charge in [0.05, 0.1) is 17.9 Å². The second-order valence-electron chi connectivity index (χ2n) is 6.95. The predicted octanol–water partition coefficient (Wildman–Crippen LogP) is 1.81. The predicted molar refractivity (Wildman–Crippen MR) is 96.9 cm³/mol. The van der Waals surface area contributed by atoms with Gasteiger partial charge in [-0.1, -0.05) is 31.8 Å². The van der Waals surface area contributed by atoms with Gasteiger partial charge in [0, 0.05) is 11.6 Å². The highest BCUT2D eigenvalue weighted by Crippen LogP contribution is 2.18. The van der Waals surface area contributed by atoms with Gasteiger partial charge in [0.25, 0.3) is 0 Å². The molecule has 0 aliphatic carbocycles. The molecule has 0 aliphatic rings. The number of hydrogen-bond acceptors (Lipinski definition) is 5. The molecule has 1 heterocycles. The first-order valence-electron chi connectivity index (χ1n) is 8.20. The van der Waals surface area contributed by atoms with Crippen LogP contribution in [0, 0.1) is 0 Å². The molecule has 3 rings (SSSR count). The second kappa shape index (κ2) is 6.76.